The number of piperazine rings is 1. The number of pyridine rings is 1. The maximum Gasteiger partial charge on any atom is 0.255 e. The predicted molar refractivity (Wildman–Crippen MR) is 132 cm³/mol. The first-order valence-corrected chi connectivity index (χ1v) is 12.2. The molecule has 178 valence electrons. The number of aromatic nitrogens is 1. The van der Waals surface area contributed by atoms with Crippen molar-refractivity contribution in [1.82, 2.24) is 14.8 Å². The van der Waals surface area contributed by atoms with E-state index < -0.39 is 0 Å². The normalized spacial score (nSPS) is 19.1. The van der Waals surface area contributed by atoms with Crippen LogP contribution in [0.3, 0.4) is 0 Å². The summed E-state index contributed by atoms with van der Waals surface area (Å²) in [6.07, 6.45) is 5.83. The van der Waals surface area contributed by atoms with Gasteiger partial charge in [-0.15, -0.1) is 0 Å². The Kier molecular flexibility index (Phi) is 7.50. The van der Waals surface area contributed by atoms with Gasteiger partial charge in [0.25, 0.3) is 5.91 Å². The average Bonchev–Trinajstić information content (AvgIpc) is 3.37. The maximum atomic E-state index is 12.9. The molecule has 4 rings (SSSR count). The Hall–Kier alpha value is -2.95. The van der Waals surface area contributed by atoms with E-state index in [2.05, 4.69) is 27.0 Å². The van der Waals surface area contributed by atoms with Crippen LogP contribution in [0.5, 0.6) is 0 Å². The zero-order valence-corrected chi connectivity index (χ0v) is 20.4. The quantitative estimate of drug-likeness (QED) is 0.686. The first kappa shape index (κ1) is 24.2. The summed E-state index contributed by atoms with van der Waals surface area (Å²) in [5.74, 6) is 0.215. The molecule has 8 heteroatoms. The largest absolute Gasteiger partial charge is 0.337 e. The summed E-state index contributed by atoms with van der Waals surface area (Å²) in [7, 11) is 0. The molecule has 34 heavy (non-hydrogen) atoms. The minimum atomic E-state index is -0.317. The monoisotopic (exact) mass is 479 g/mol. The number of nitrogens with one attached hydrogen (secondary N) is 1. The second-order valence-corrected chi connectivity index (χ2v) is 9.77. The summed E-state index contributed by atoms with van der Waals surface area (Å²) in [6.45, 7) is 7.14. The van der Waals surface area contributed by atoms with Gasteiger partial charge in [-0.1, -0.05) is 24.4 Å². The van der Waals surface area contributed by atoms with Gasteiger partial charge in [0.1, 0.15) is 11.8 Å². The van der Waals surface area contributed by atoms with Gasteiger partial charge in [0.15, 0.2) is 0 Å². The summed E-state index contributed by atoms with van der Waals surface area (Å²) >= 11 is 6.41. The molecule has 1 saturated heterocycles. The predicted octanol–water partition coefficient (Wildman–Crippen LogP) is 4.39. The molecule has 0 bridgehead atoms. The molecule has 7 nitrogen and oxygen atoms in total. The van der Waals surface area contributed by atoms with Crippen LogP contribution in [0.2, 0.25) is 5.02 Å². The van der Waals surface area contributed by atoms with Gasteiger partial charge in [0.2, 0.25) is 5.91 Å². The van der Waals surface area contributed by atoms with E-state index in [1.165, 1.54) is 12.3 Å². The zero-order chi connectivity index (χ0) is 24.2. The fourth-order valence-electron chi connectivity index (χ4n) is 5.01. The second-order valence-electron chi connectivity index (χ2n) is 9.33. The van der Waals surface area contributed by atoms with Crippen LogP contribution in [0.4, 0.5) is 5.69 Å². The van der Waals surface area contributed by atoms with Gasteiger partial charge in [-0.3, -0.25) is 14.5 Å². The highest BCUT2D eigenvalue weighted by molar-refractivity contribution is 6.31. The molecule has 2 aromatic rings. The van der Waals surface area contributed by atoms with Crippen molar-refractivity contribution in [2.45, 2.75) is 52.1 Å². The molecular formula is C26H30ClN5O2. The van der Waals surface area contributed by atoms with Crippen LogP contribution in [0, 0.1) is 24.2 Å². The molecule has 2 heterocycles. The summed E-state index contributed by atoms with van der Waals surface area (Å²) in [6, 6.07) is 8.83. The van der Waals surface area contributed by atoms with Crippen molar-refractivity contribution in [1.29, 1.82) is 5.26 Å². The van der Waals surface area contributed by atoms with Crippen LogP contribution in [0.1, 0.15) is 59.8 Å². The van der Waals surface area contributed by atoms with Crippen molar-refractivity contribution in [2.75, 3.05) is 25.0 Å². The average molecular weight is 480 g/mol. The SMILES string of the molecule is Cc1c(CN2CCN(C(=O)C3CCCC3)C(C)C2)cc(Cl)cc1NC(=O)c1ccnc(C#N)c1. The van der Waals surface area contributed by atoms with E-state index in [0.29, 0.717) is 28.7 Å². The van der Waals surface area contributed by atoms with Crippen molar-refractivity contribution < 1.29 is 9.59 Å². The van der Waals surface area contributed by atoms with Crippen LogP contribution in [0.25, 0.3) is 0 Å². The van der Waals surface area contributed by atoms with Crippen molar-refractivity contribution in [3.63, 3.8) is 0 Å². The lowest BCUT2D eigenvalue weighted by Gasteiger charge is -2.41. The number of hydrogen-bond acceptors (Lipinski definition) is 5. The van der Waals surface area contributed by atoms with Crippen LogP contribution < -0.4 is 5.32 Å². The van der Waals surface area contributed by atoms with Crippen molar-refractivity contribution in [3.05, 3.63) is 57.9 Å². The van der Waals surface area contributed by atoms with E-state index in [9.17, 15) is 9.59 Å². The van der Waals surface area contributed by atoms with E-state index in [1.807, 2.05) is 19.1 Å². The number of benzene rings is 1. The summed E-state index contributed by atoms with van der Waals surface area (Å²) < 4.78 is 0. The minimum absolute atomic E-state index is 0.168. The molecule has 2 amide bonds. The van der Waals surface area contributed by atoms with Gasteiger partial charge >= 0.3 is 0 Å². The van der Waals surface area contributed by atoms with Crippen molar-refractivity contribution in [2.24, 2.45) is 5.92 Å². The zero-order valence-electron chi connectivity index (χ0n) is 19.7. The number of anilines is 1. The topological polar surface area (TPSA) is 89.3 Å². The number of rotatable bonds is 5. The van der Waals surface area contributed by atoms with E-state index >= 15 is 0 Å². The third-order valence-electron chi connectivity index (χ3n) is 6.96. The molecule has 0 spiro atoms. The Bertz CT molecular complexity index is 1120. The molecule has 0 radical (unpaired) electrons. The Morgan fingerprint density at radius 2 is 2.00 bits per heavy atom. The molecule has 2 fully saturated rings. The number of amides is 2. The molecule has 1 aromatic carbocycles. The summed E-state index contributed by atoms with van der Waals surface area (Å²) in [4.78, 5) is 34.0. The van der Waals surface area contributed by atoms with E-state index in [4.69, 9.17) is 16.9 Å². The smallest absolute Gasteiger partial charge is 0.255 e. The second kappa shape index (κ2) is 10.5. The van der Waals surface area contributed by atoms with Crippen LogP contribution in [-0.2, 0) is 11.3 Å². The number of hydrogen-bond donors (Lipinski definition) is 1. The number of carbonyl (C=O) groups excluding carboxylic acids is 2. The van der Waals surface area contributed by atoms with Gasteiger partial charge in [-0.05, 0) is 62.1 Å². The number of nitriles is 1. The Morgan fingerprint density at radius 3 is 2.71 bits per heavy atom. The fraction of sp³-hybridized carbons (Fsp3) is 0.462. The molecule has 1 atom stereocenters. The van der Waals surface area contributed by atoms with E-state index in [-0.39, 0.29) is 23.6 Å². The third kappa shape index (κ3) is 5.40. The molecule has 2 aliphatic rings. The van der Waals surface area contributed by atoms with Gasteiger partial charge < -0.3 is 10.2 Å². The lowest BCUT2D eigenvalue weighted by Crippen LogP contribution is -2.54. The van der Waals surface area contributed by atoms with E-state index in [0.717, 1.165) is 56.4 Å². The van der Waals surface area contributed by atoms with Gasteiger partial charge in [0, 0.05) is 60.6 Å². The lowest BCUT2D eigenvalue weighted by molar-refractivity contribution is -0.140. The molecule has 1 unspecified atom stereocenters. The first-order valence-electron chi connectivity index (χ1n) is 11.8. The molecule has 1 N–H and O–H groups in total. The molecule has 1 aliphatic carbocycles. The Morgan fingerprint density at radius 1 is 1.24 bits per heavy atom. The van der Waals surface area contributed by atoms with Gasteiger partial charge in [-0.2, -0.15) is 5.26 Å². The number of nitrogens with zero attached hydrogens (tertiary/aromatic N) is 4. The molecule has 1 aliphatic heterocycles. The van der Waals surface area contributed by atoms with Crippen molar-refractivity contribution >= 4 is 29.1 Å². The highest BCUT2D eigenvalue weighted by atomic mass is 35.5. The number of carbonyl (C=O) groups is 2. The highest BCUT2D eigenvalue weighted by Gasteiger charge is 2.33. The summed E-state index contributed by atoms with van der Waals surface area (Å²) in [5, 5.41) is 12.5. The van der Waals surface area contributed by atoms with Crippen LogP contribution >= 0.6 is 11.6 Å². The van der Waals surface area contributed by atoms with Gasteiger partial charge in [0.05, 0.1) is 0 Å². The van der Waals surface area contributed by atoms with Crippen LogP contribution in [0.15, 0.2) is 30.5 Å². The van der Waals surface area contributed by atoms with Crippen molar-refractivity contribution in [3.8, 4) is 6.07 Å². The molecular weight excluding hydrogens is 450 g/mol. The molecule has 1 aromatic heterocycles. The minimum Gasteiger partial charge on any atom is -0.337 e. The number of halogens is 1. The van der Waals surface area contributed by atoms with Gasteiger partial charge in [-0.25, -0.2) is 4.98 Å². The third-order valence-corrected chi connectivity index (χ3v) is 7.18. The summed E-state index contributed by atoms with van der Waals surface area (Å²) in [5.41, 5.74) is 3.19. The highest BCUT2D eigenvalue weighted by Crippen LogP contribution is 2.30. The van der Waals surface area contributed by atoms with E-state index in [1.54, 1.807) is 12.1 Å². The Labute approximate surface area is 205 Å². The fourth-order valence-corrected chi connectivity index (χ4v) is 5.25. The standard InChI is InChI=1S/C26H30ClN5O2/c1-17-15-31(9-10-32(17)26(34)19-5-3-4-6-19)16-21-11-22(27)13-24(18(21)2)30-25(33)20-7-8-29-23(12-20)14-28/h7-8,11-13,17,19H,3-6,9-10,15-16H2,1-2H3,(H,30,33). The Balaban J connectivity index is 1.43. The van der Waals surface area contributed by atoms with Crippen LogP contribution in [-0.4, -0.2) is 52.3 Å². The molecule has 1 saturated carbocycles. The first-order chi connectivity index (χ1) is 16.4. The lowest BCUT2D eigenvalue weighted by atomic mass is 10.0. The maximum absolute atomic E-state index is 12.9.